The fraction of sp³-hybridized carbons (Fsp3) is 0. The smallest absolute Gasteiger partial charge is 0.340 e. The van der Waals surface area contributed by atoms with Crippen molar-refractivity contribution in [3.8, 4) is 16.2 Å². The molecule has 16 heavy (non-hydrogen) atoms. The van der Waals surface area contributed by atoms with Gasteiger partial charge < -0.3 is 10.2 Å². The lowest BCUT2D eigenvalue weighted by Crippen LogP contribution is -1.92. The molecule has 0 saturated carbocycles. The zero-order valence-electron chi connectivity index (χ0n) is 7.98. The molecule has 0 bridgehead atoms. The topological polar surface area (TPSA) is 57.5 Å². The van der Waals surface area contributed by atoms with Crippen molar-refractivity contribution in [3.05, 3.63) is 39.7 Å². The van der Waals surface area contributed by atoms with Crippen LogP contribution in [0.3, 0.4) is 0 Å². The Morgan fingerprint density at radius 3 is 2.38 bits per heavy atom. The third kappa shape index (κ3) is 1.96. The van der Waals surface area contributed by atoms with Gasteiger partial charge in [0.15, 0.2) is 0 Å². The van der Waals surface area contributed by atoms with E-state index in [1.54, 1.807) is 0 Å². The van der Waals surface area contributed by atoms with Gasteiger partial charge in [-0.15, -0.1) is 11.3 Å². The lowest BCUT2D eigenvalue weighted by Gasteiger charge is -1.99. The average molecular weight is 299 g/mol. The van der Waals surface area contributed by atoms with Gasteiger partial charge in [0, 0.05) is 9.85 Å². The first kappa shape index (κ1) is 11.2. The number of carbonyl (C=O) groups is 1. The molecular weight excluding hydrogens is 292 g/mol. The van der Waals surface area contributed by atoms with Gasteiger partial charge in [-0.05, 0) is 17.7 Å². The third-order valence-electron chi connectivity index (χ3n) is 2.10. The largest absolute Gasteiger partial charge is 0.506 e. The molecule has 0 saturated heterocycles. The van der Waals surface area contributed by atoms with E-state index in [4.69, 9.17) is 5.11 Å². The molecule has 1 aromatic heterocycles. The van der Waals surface area contributed by atoms with Crippen LogP contribution in [0.1, 0.15) is 10.4 Å². The van der Waals surface area contributed by atoms with Gasteiger partial charge in [-0.3, -0.25) is 0 Å². The minimum Gasteiger partial charge on any atom is -0.506 e. The van der Waals surface area contributed by atoms with Crippen LogP contribution < -0.4 is 0 Å². The van der Waals surface area contributed by atoms with Crippen LogP contribution in [0.2, 0.25) is 0 Å². The third-order valence-corrected chi connectivity index (χ3v) is 3.65. The van der Waals surface area contributed by atoms with E-state index in [2.05, 4.69) is 15.9 Å². The van der Waals surface area contributed by atoms with Crippen molar-refractivity contribution in [1.82, 2.24) is 0 Å². The van der Waals surface area contributed by atoms with Gasteiger partial charge in [0.1, 0.15) is 11.3 Å². The molecular formula is C11H7BrO3S. The summed E-state index contributed by atoms with van der Waals surface area (Å²) in [5, 5.41) is 20.0. The predicted molar refractivity (Wildman–Crippen MR) is 66.1 cm³/mol. The number of carboxylic acids is 1. The number of hydrogen-bond donors (Lipinski definition) is 2. The van der Waals surface area contributed by atoms with E-state index in [9.17, 15) is 9.90 Å². The van der Waals surface area contributed by atoms with Crippen molar-refractivity contribution in [1.29, 1.82) is 0 Å². The van der Waals surface area contributed by atoms with E-state index in [0.29, 0.717) is 4.88 Å². The Labute approximate surface area is 104 Å². The number of aromatic hydroxyl groups is 1. The number of halogens is 1. The Balaban J connectivity index is 2.49. The first-order chi connectivity index (χ1) is 7.59. The fourth-order valence-electron chi connectivity index (χ4n) is 1.31. The first-order valence-electron chi connectivity index (χ1n) is 4.39. The van der Waals surface area contributed by atoms with Crippen molar-refractivity contribution >= 4 is 33.2 Å². The molecule has 0 radical (unpaired) electrons. The Kier molecular flexibility index (Phi) is 2.98. The summed E-state index contributed by atoms with van der Waals surface area (Å²) in [6.45, 7) is 0. The van der Waals surface area contributed by atoms with Crippen LogP contribution in [0.15, 0.2) is 34.1 Å². The molecule has 0 aliphatic rings. The number of hydrogen-bond acceptors (Lipinski definition) is 3. The van der Waals surface area contributed by atoms with Gasteiger partial charge in [0.05, 0.1) is 4.88 Å². The molecule has 0 spiro atoms. The highest BCUT2D eigenvalue weighted by Gasteiger charge is 2.17. The summed E-state index contributed by atoms with van der Waals surface area (Å²) in [7, 11) is 0. The molecule has 1 heterocycles. The second-order valence-electron chi connectivity index (χ2n) is 3.14. The number of thiophene rings is 1. The van der Waals surface area contributed by atoms with E-state index >= 15 is 0 Å². The molecule has 0 unspecified atom stereocenters. The van der Waals surface area contributed by atoms with E-state index in [1.807, 2.05) is 24.3 Å². The minimum atomic E-state index is -1.11. The normalized spacial score (nSPS) is 10.3. The van der Waals surface area contributed by atoms with Crippen LogP contribution >= 0.6 is 27.3 Å². The molecule has 5 heteroatoms. The van der Waals surface area contributed by atoms with E-state index in [-0.39, 0.29) is 11.3 Å². The molecule has 82 valence electrons. The molecule has 0 aliphatic heterocycles. The Morgan fingerprint density at radius 2 is 1.88 bits per heavy atom. The molecule has 2 N–H and O–H groups in total. The zero-order chi connectivity index (χ0) is 11.7. The van der Waals surface area contributed by atoms with Crippen LogP contribution in [0.25, 0.3) is 10.4 Å². The van der Waals surface area contributed by atoms with Crippen LogP contribution in [0.4, 0.5) is 0 Å². The number of rotatable bonds is 2. The number of benzene rings is 1. The quantitative estimate of drug-likeness (QED) is 0.891. The first-order valence-corrected chi connectivity index (χ1v) is 6.06. The van der Waals surface area contributed by atoms with E-state index in [0.717, 1.165) is 10.0 Å². The highest BCUT2D eigenvalue weighted by atomic mass is 79.9. The predicted octanol–water partition coefficient (Wildman–Crippen LogP) is 3.58. The maximum atomic E-state index is 10.8. The summed E-state index contributed by atoms with van der Waals surface area (Å²) in [6, 6.07) is 7.33. The van der Waals surface area contributed by atoms with Gasteiger partial charge in [-0.1, -0.05) is 28.1 Å². The summed E-state index contributed by atoms with van der Waals surface area (Å²) >= 11 is 4.53. The highest BCUT2D eigenvalue weighted by Crippen LogP contribution is 2.38. The monoisotopic (exact) mass is 298 g/mol. The summed E-state index contributed by atoms with van der Waals surface area (Å²) < 4.78 is 0.936. The van der Waals surface area contributed by atoms with Gasteiger partial charge in [0.25, 0.3) is 0 Å². The Hall–Kier alpha value is -1.33. The van der Waals surface area contributed by atoms with Crippen molar-refractivity contribution < 1.29 is 15.0 Å². The lowest BCUT2D eigenvalue weighted by molar-refractivity contribution is 0.0694. The molecule has 0 atom stereocenters. The molecule has 2 aromatic rings. The summed E-state index contributed by atoms with van der Waals surface area (Å²) in [5.74, 6) is -1.28. The number of carboxylic acid groups (broad SMARTS) is 1. The maximum absolute atomic E-state index is 10.8. The standard InChI is InChI=1S/C11H7BrO3S/c12-7-3-1-6(2-4-7)10-9(13)8(5-16-10)11(14)15/h1-5,13H,(H,14,15). The van der Waals surface area contributed by atoms with Crippen molar-refractivity contribution in [2.45, 2.75) is 0 Å². The second kappa shape index (κ2) is 4.27. The highest BCUT2D eigenvalue weighted by molar-refractivity contribution is 9.10. The van der Waals surface area contributed by atoms with Crippen LogP contribution in [-0.2, 0) is 0 Å². The molecule has 0 amide bonds. The molecule has 1 aromatic carbocycles. The average Bonchev–Trinajstić information content (AvgIpc) is 2.61. The van der Waals surface area contributed by atoms with E-state index < -0.39 is 5.97 Å². The summed E-state index contributed by atoms with van der Waals surface area (Å²) in [5.41, 5.74) is 0.751. The van der Waals surface area contributed by atoms with E-state index in [1.165, 1.54) is 16.7 Å². The van der Waals surface area contributed by atoms with Crippen molar-refractivity contribution in [3.63, 3.8) is 0 Å². The molecule has 2 rings (SSSR count). The molecule has 0 aliphatic carbocycles. The molecule has 3 nitrogen and oxygen atoms in total. The second-order valence-corrected chi connectivity index (χ2v) is 4.93. The summed E-state index contributed by atoms with van der Waals surface area (Å²) in [4.78, 5) is 11.3. The Bertz CT molecular complexity index is 531. The van der Waals surface area contributed by atoms with Gasteiger partial charge >= 0.3 is 5.97 Å². The van der Waals surface area contributed by atoms with Gasteiger partial charge in [-0.25, -0.2) is 4.79 Å². The van der Waals surface area contributed by atoms with Crippen LogP contribution in [-0.4, -0.2) is 16.2 Å². The Morgan fingerprint density at radius 1 is 1.25 bits per heavy atom. The SMILES string of the molecule is O=C(O)c1csc(-c2ccc(Br)cc2)c1O. The lowest BCUT2D eigenvalue weighted by atomic mass is 10.1. The number of aromatic carboxylic acids is 1. The van der Waals surface area contributed by atoms with Crippen LogP contribution in [0, 0.1) is 0 Å². The minimum absolute atomic E-state index is 0.0529. The fourth-order valence-corrected chi connectivity index (χ4v) is 2.52. The zero-order valence-corrected chi connectivity index (χ0v) is 10.4. The van der Waals surface area contributed by atoms with Crippen molar-refractivity contribution in [2.75, 3.05) is 0 Å². The van der Waals surface area contributed by atoms with Crippen molar-refractivity contribution in [2.24, 2.45) is 0 Å². The summed E-state index contributed by atoms with van der Waals surface area (Å²) in [6.07, 6.45) is 0. The molecule has 0 fully saturated rings. The maximum Gasteiger partial charge on any atom is 0.340 e. The van der Waals surface area contributed by atoms with Crippen LogP contribution in [0.5, 0.6) is 5.75 Å². The van der Waals surface area contributed by atoms with Gasteiger partial charge in [-0.2, -0.15) is 0 Å². The van der Waals surface area contributed by atoms with Gasteiger partial charge in [0.2, 0.25) is 0 Å².